The molecule has 0 aliphatic carbocycles. The molecule has 2 fully saturated rings. The molecular weight excluding hydrogens is 538 g/mol. The largest absolute Gasteiger partial charge is 0.355 e. The summed E-state index contributed by atoms with van der Waals surface area (Å²) in [5.74, 6) is -1.95. The summed E-state index contributed by atoms with van der Waals surface area (Å²) in [6.07, 6.45) is 3.85. The molecule has 0 aromatic heterocycles. The van der Waals surface area contributed by atoms with Crippen LogP contribution in [0.25, 0.3) is 0 Å². The molecule has 2 aromatic carbocycles. The molecule has 2 aromatic rings. The first-order valence-electron chi connectivity index (χ1n) is 13.8. The molecule has 0 bridgehead atoms. The van der Waals surface area contributed by atoms with Gasteiger partial charge < -0.3 is 20.9 Å². The zero-order chi connectivity index (χ0) is 27.9. The van der Waals surface area contributed by atoms with Gasteiger partial charge in [-0.2, -0.15) is 0 Å². The maximum Gasteiger partial charge on any atom is 0.237 e. The lowest BCUT2D eigenvalue weighted by Crippen LogP contribution is -2.49. The molecule has 4 unspecified atom stereocenters. The number of carbonyl (C=O) groups is 2. The van der Waals surface area contributed by atoms with Crippen LogP contribution in [-0.2, 0) is 15.0 Å². The predicted molar refractivity (Wildman–Crippen MR) is 154 cm³/mol. The number of anilines is 1. The van der Waals surface area contributed by atoms with E-state index >= 15 is 4.39 Å². The lowest BCUT2D eigenvalue weighted by molar-refractivity contribution is -0.123. The Hall–Kier alpha value is -2.19. The van der Waals surface area contributed by atoms with Crippen molar-refractivity contribution in [2.24, 2.45) is 5.41 Å². The van der Waals surface area contributed by atoms with E-state index < -0.39 is 29.2 Å². The van der Waals surface area contributed by atoms with Gasteiger partial charge in [-0.1, -0.05) is 62.2 Å². The standard InChI is InChI=1S/C30H37Cl2FN4O2/c1-29(2,3)17-23-30(20-11-10-18(31)16-22(20)35-28(30)39)24(19-8-6-9-21(32)25(19)33)26(36-23)27(38)34-12-7-15-37-13-4-5-14-37/h6,8-11,16,23-24,26,36H,4-5,7,12-15,17H2,1-3H3,(H,34,38)(H,35,39). The van der Waals surface area contributed by atoms with Crippen molar-refractivity contribution in [3.05, 3.63) is 63.4 Å². The highest BCUT2D eigenvalue weighted by Gasteiger charge is 2.66. The Bertz CT molecular complexity index is 1260. The first-order chi connectivity index (χ1) is 18.5. The Morgan fingerprint density at radius 1 is 1.18 bits per heavy atom. The topological polar surface area (TPSA) is 73.5 Å². The number of nitrogens with one attached hydrogen (secondary N) is 3. The van der Waals surface area contributed by atoms with Crippen LogP contribution in [0.3, 0.4) is 0 Å². The summed E-state index contributed by atoms with van der Waals surface area (Å²) in [6, 6.07) is 8.81. The number of likely N-dealkylation sites (tertiary alicyclic amines) is 1. The Kier molecular flexibility index (Phi) is 7.99. The number of carbonyl (C=O) groups excluding carboxylic acids is 2. The molecule has 1 spiro atoms. The van der Waals surface area contributed by atoms with Gasteiger partial charge in [0.1, 0.15) is 11.2 Å². The average Bonchev–Trinajstić information content (AvgIpc) is 3.56. The minimum Gasteiger partial charge on any atom is -0.355 e. The summed E-state index contributed by atoms with van der Waals surface area (Å²) in [5.41, 5.74) is 0.135. The highest BCUT2D eigenvalue weighted by atomic mass is 35.5. The Morgan fingerprint density at radius 3 is 2.64 bits per heavy atom. The van der Waals surface area contributed by atoms with Crippen molar-refractivity contribution in [2.75, 3.05) is 31.5 Å². The van der Waals surface area contributed by atoms with Crippen molar-refractivity contribution < 1.29 is 14.0 Å². The van der Waals surface area contributed by atoms with Crippen LogP contribution in [0, 0.1) is 11.2 Å². The highest BCUT2D eigenvalue weighted by Crippen LogP contribution is 2.57. The fourth-order valence-corrected chi connectivity index (χ4v) is 7.14. The smallest absolute Gasteiger partial charge is 0.237 e. The van der Waals surface area contributed by atoms with Gasteiger partial charge in [0.15, 0.2) is 0 Å². The highest BCUT2D eigenvalue weighted by molar-refractivity contribution is 6.31. The van der Waals surface area contributed by atoms with Crippen molar-refractivity contribution in [1.82, 2.24) is 15.5 Å². The van der Waals surface area contributed by atoms with E-state index in [4.69, 9.17) is 23.2 Å². The predicted octanol–water partition coefficient (Wildman–Crippen LogP) is 5.48. The number of benzene rings is 2. The van der Waals surface area contributed by atoms with Crippen molar-refractivity contribution in [1.29, 1.82) is 0 Å². The third kappa shape index (κ3) is 5.31. The van der Waals surface area contributed by atoms with Gasteiger partial charge in [0.05, 0.1) is 11.1 Å². The van der Waals surface area contributed by atoms with E-state index in [2.05, 4.69) is 41.6 Å². The molecule has 3 N–H and O–H groups in total. The Balaban J connectivity index is 1.57. The van der Waals surface area contributed by atoms with Crippen LogP contribution in [0.2, 0.25) is 10.0 Å². The van der Waals surface area contributed by atoms with Gasteiger partial charge in [0.2, 0.25) is 11.8 Å². The van der Waals surface area contributed by atoms with Crippen LogP contribution < -0.4 is 16.0 Å². The molecule has 2 saturated heterocycles. The van der Waals surface area contributed by atoms with Crippen molar-refractivity contribution in [3.8, 4) is 0 Å². The maximum absolute atomic E-state index is 15.8. The van der Waals surface area contributed by atoms with E-state index in [1.165, 1.54) is 18.9 Å². The molecule has 3 aliphatic heterocycles. The molecular formula is C30H37Cl2FN4O2. The second kappa shape index (κ2) is 11.0. The molecule has 5 rings (SSSR count). The van der Waals surface area contributed by atoms with Crippen LogP contribution >= 0.6 is 23.2 Å². The number of halogens is 3. The zero-order valence-corrected chi connectivity index (χ0v) is 24.3. The molecule has 2 amide bonds. The lowest BCUT2D eigenvalue weighted by atomic mass is 9.62. The molecule has 6 nitrogen and oxygen atoms in total. The molecule has 39 heavy (non-hydrogen) atoms. The maximum atomic E-state index is 15.8. The molecule has 3 aliphatic rings. The summed E-state index contributed by atoms with van der Waals surface area (Å²) in [4.78, 5) is 30.4. The SMILES string of the molecule is CC(C)(C)CC1NC(C(=O)NCCCN2CCCC2)C(c2cccc(Cl)c2F)C12C(=O)Nc1cc(Cl)ccc12. The molecule has 3 heterocycles. The van der Waals surface area contributed by atoms with E-state index in [1.807, 2.05) is 6.07 Å². The first kappa shape index (κ1) is 28.3. The number of hydrogen-bond acceptors (Lipinski definition) is 4. The monoisotopic (exact) mass is 574 g/mol. The lowest BCUT2D eigenvalue weighted by Gasteiger charge is -2.37. The Labute approximate surface area is 240 Å². The van der Waals surface area contributed by atoms with Gasteiger partial charge in [0, 0.05) is 29.2 Å². The number of amides is 2. The van der Waals surface area contributed by atoms with Gasteiger partial charge >= 0.3 is 0 Å². The number of hydrogen-bond donors (Lipinski definition) is 3. The average molecular weight is 576 g/mol. The number of rotatable bonds is 7. The van der Waals surface area contributed by atoms with Gasteiger partial charge in [-0.05, 0) is 80.1 Å². The molecule has 0 radical (unpaired) electrons. The summed E-state index contributed by atoms with van der Waals surface area (Å²) in [7, 11) is 0. The van der Waals surface area contributed by atoms with Crippen LogP contribution in [0.1, 0.15) is 63.5 Å². The molecule has 0 saturated carbocycles. The van der Waals surface area contributed by atoms with Gasteiger partial charge in [-0.3, -0.25) is 9.59 Å². The molecule has 9 heteroatoms. The number of fused-ring (bicyclic) bond motifs is 2. The third-order valence-electron chi connectivity index (χ3n) is 8.37. The van der Waals surface area contributed by atoms with Crippen molar-refractivity contribution in [3.63, 3.8) is 0 Å². The van der Waals surface area contributed by atoms with Crippen LogP contribution in [0.15, 0.2) is 36.4 Å². The normalized spacial score (nSPS) is 26.7. The van der Waals surface area contributed by atoms with Crippen molar-refractivity contribution >= 4 is 40.7 Å². The fraction of sp³-hybridized carbons (Fsp3) is 0.533. The van der Waals surface area contributed by atoms with Gasteiger partial charge in [0.25, 0.3) is 0 Å². The van der Waals surface area contributed by atoms with E-state index in [0.717, 1.165) is 26.1 Å². The van der Waals surface area contributed by atoms with Gasteiger partial charge in [-0.25, -0.2) is 4.39 Å². The second-order valence-corrected chi connectivity index (χ2v) is 13.1. The van der Waals surface area contributed by atoms with E-state index in [-0.39, 0.29) is 27.8 Å². The van der Waals surface area contributed by atoms with E-state index in [9.17, 15) is 9.59 Å². The summed E-state index contributed by atoms with van der Waals surface area (Å²) >= 11 is 12.6. The quantitative estimate of drug-likeness (QED) is 0.382. The molecule has 210 valence electrons. The van der Waals surface area contributed by atoms with Gasteiger partial charge in [-0.15, -0.1) is 0 Å². The Morgan fingerprint density at radius 2 is 1.92 bits per heavy atom. The second-order valence-electron chi connectivity index (χ2n) is 12.3. The minimum absolute atomic E-state index is 0.0403. The van der Waals surface area contributed by atoms with Crippen LogP contribution in [0.5, 0.6) is 0 Å². The fourth-order valence-electron chi connectivity index (χ4n) is 6.78. The van der Waals surface area contributed by atoms with Crippen LogP contribution in [0.4, 0.5) is 10.1 Å². The summed E-state index contributed by atoms with van der Waals surface area (Å²) < 4.78 is 15.8. The third-order valence-corrected chi connectivity index (χ3v) is 8.90. The zero-order valence-electron chi connectivity index (χ0n) is 22.8. The first-order valence-corrected chi connectivity index (χ1v) is 14.6. The summed E-state index contributed by atoms with van der Waals surface area (Å²) in [6.45, 7) is 9.93. The van der Waals surface area contributed by atoms with E-state index in [1.54, 1.807) is 24.3 Å². The molecule has 4 atom stereocenters. The minimum atomic E-state index is -1.24. The van der Waals surface area contributed by atoms with Crippen molar-refractivity contribution in [2.45, 2.75) is 69.9 Å². The van der Waals surface area contributed by atoms with Crippen LogP contribution in [-0.4, -0.2) is 55.0 Å². The van der Waals surface area contributed by atoms with E-state index in [0.29, 0.717) is 29.2 Å². The summed E-state index contributed by atoms with van der Waals surface area (Å²) in [5, 5.41) is 10.1. The number of nitrogens with zero attached hydrogens (tertiary/aromatic N) is 1.